The summed E-state index contributed by atoms with van der Waals surface area (Å²) in [5, 5.41) is 6.79. The Morgan fingerprint density at radius 1 is 0.260 bits per heavy atom. The minimum absolute atomic E-state index is 0.00278. The molecule has 0 aliphatic carbocycles. The van der Waals surface area contributed by atoms with Gasteiger partial charge in [-0.1, -0.05) is 344 Å². The molecule has 0 radical (unpaired) electrons. The van der Waals surface area contributed by atoms with Crippen molar-refractivity contribution in [3.05, 3.63) is 411 Å². The summed E-state index contributed by atoms with van der Waals surface area (Å²) in [5.41, 5.74) is 29.4. The highest BCUT2D eigenvalue weighted by Crippen LogP contribution is 2.54. The Morgan fingerprint density at radius 2 is 0.642 bits per heavy atom. The van der Waals surface area contributed by atoms with Crippen LogP contribution >= 0.6 is 11.8 Å². The van der Waals surface area contributed by atoms with Gasteiger partial charge in [-0.25, -0.2) is 0 Å². The van der Waals surface area contributed by atoms with Gasteiger partial charge in [-0.15, -0.1) is 0 Å². The summed E-state index contributed by atoms with van der Waals surface area (Å²) in [4.78, 5) is 4.55. The molecule has 18 aromatic carbocycles. The summed E-state index contributed by atoms with van der Waals surface area (Å²) in [6, 6.07) is 125. The van der Waals surface area contributed by atoms with Crippen molar-refractivity contribution >= 4 is 139 Å². The first-order valence-corrected chi connectivity index (χ1v) is 43.1. The van der Waals surface area contributed by atoms with E-state index in [0.717, 1.165) is 192 Å². The van der Waals surface area contributed by atoms with Crippen molar-refractivity contribution in [2.75, 3.05) is 4.90 Å². The van der Waals surface area contributed by atoms with Crippen LogP contribution in [0.2, 0.25) is 0 Å². The number of rotatable bonds is 11. The van der Waals surface area contributed by atoms with Gasteiger partial charge in [-0.2, -0.15) is 0 Å². The fourth-order valence-electron chi connectivity index (χ4n) is 19.9. The van der Waals surface area contributed by atoms with Crippen LogP contribution in [0.1, 0.15) is 63.6 Å². The quantitative estimate of drug-likeness (QED) is 0.120. The highest BCUT2D eigenvalue weighted by atomic mass is 32.2. The van der Waals surface area contributed by atoms with Crippen molar-refractivity contribution in [3.63, 3.8) is 0 Å². The van der Waals surface area contributed by atoms with Crippen molar-refractivity contribution in [2.24, 2.45) is 0 Å². The monoisotopic (exact) mass is 1600 g/mol. The highest BCUT2D eigenvalue weighted by molar-refractivity contribution is 8.00. The van der Waals surface area contributed by atoms with Crippen LogP contribution < -0.4 is 21.3 Å². The molecule has 7 heteroatoms. The van der Waals surface area contributed by atoms with Crippen LogP contribution in [0.25, 0.3) is 177 Å². The molecule has 0 amide bonds. The van der Waals surface area contributed by atoms with Gasteiger partial charge < -0.3 is 23.2 Å². The zero-order chi connectivity index (χ0) is 89.1. The van der Waals surface area contributed by atoms with Gasteiger partial charge in [0.15, 0.2) is 0 Å². The van der Waals surface area contributed by atoms with Gasteiger partial charge in [0, 0.05) is 98.1 Å². The molecule has 0 N–H and O–H groups in total. The van der Waals surface area contributed by atoms with Gasteiger partial charge in [0.1, 0.15) is 0 Å². The zero-order valence-corrected chi connectivity index (χ0v) is 69.5. The van der Waals surface area contributed by atoms with E-state index in [2.05, 4.69) is 406 Å². The Bertz CT molecular complexity index is 8130. The van der Waals surface area contributed by atoms with Crippen molar-refractivity contribution in [3.8, 4) is 89.5 Å². The van der Waals surface area contributed by atoms with E-state index < -0.39 is 43.0 Å². The second-order valence-corrected chi connectivity index (χ2v) is 36.0. The Labute approximate surface area is 731 Å². The van der Waals surface area contributed by atoms with Crippen LogP contribution in [-0.4, -0.2) is 25.0 Å². The number of fused-ring (bicyclic) bond motifs is 16. The molecule has 0 saturated carbocycles. The predicted octanol–water partition coefficient (Wildman–Crippen LogP) is 29.4. The van der Waals surface area contributed by atoms with Gasteiger partial charge in [-0.3, -0.25) is 0 Å². The molecule has 0 fully saturated rings. The molecule has 582 valence electrons. The molecular weight excluding hydrogens is 1510 g/mol. The fourth-order valence-corrected chi connectivity index (χ4v) is 21.3. The summed E-state index contributed by atoms with van der Waals surface area (Å²) in [6.45, 7) is 12.9. The van der Waals surface area contributed by atoms with Crippen LogP contribution in [0.4, 0.5) is 17.1 Å². The lowest BCUT2D eigenvalue weighted by Gasteiger charge is -2.42. The first-order chi connectivity index (χ1) is 63.6. The molecule has 4 aromatic heterocycles. The summed E-state index contributed by atoms with van der Waals surface area (Å²) in [6.07, 6.45) is 0. The highest BCUT2D eigenvalue weighted by Gasteiger charge is 2.44. The van der Waals surface area contributed by atoms with Crippen LogP contribution in [0, 0.1) is 0 Å². The number of hydrogen-bond donors (Lipinski definition) is 0. The Morgan fingerprint density at radius 3 is 1.08 bits per heavy atom. The second-order valence-electron chi connectivity index (χ2n) is 34.9. The van der Waals surface area contributed by atoms with Crippen LogP contribution in [0.5, 0.6) is 0 Å². The van der Waals surface area contributed by atoms with Gasteiger partial charge in [0.2, 0.25) is 6.71 Å². The number of anilines is 3. The molecular formula is C116H84BN5S. The van der Waals surface area contributed by atoms with Gasteiger partial charge in [0.05, 0.1) is 60.8 Å². The largest absolute Gasteiger partial charge is 0.310 e. The summed E-state index contributed by atoms with van der Waals surface area (Å²) < 4.78 is 86.4. The van der Waals surface area contributed by atoms with Gasteiger partial charge >= 0.3 is 0 Å². The van der Waals surface area contributed by atoms with E-state index in [0.29, 0.717) is 5.69 Å². The first-order valence-electron chi connectivity index (χ1n) is 46.3. The third-order valence-corrected chi connectivity index (χ3v) is 26.9. The minimum Gasteiger partial charge on any atom is -0.310 e. The van der Waals surface area contributed by atoms with E-state index in [1.165, 1.54) is 11.1 Å². The molecule has 22 aromatic rings. The van der Waals surface area contributed by atoms with E-state index in [1.54, 1.807) is 4.57 Å². The number of benzene rings is 18. The molecule has 6 heterocycles. The Hall–Kier alpha value is -14.6. The van der Waals surface area contributed by atoms with E-state index >= 15 is 0 Å². The van der Waals surface area contributed by atoms with E-state index in [-0.39, 0.29) is 44.7 Å². The molecule has 0 atom stereocenters. The lowest BCUT2D eigenvalue weighted by molar-refractivity contribution is 0.590. The molecule has 0 saturated heterocycles. The van der Waals surface area contributed by atoms with Crippen molar-refractivity contribution in [2.45, 2.75) is 62.2 Å². The lowest BCUT2D eigenvalue weighted by atomic mass is 9.34. The molecule has 0 bridgehead atoms. The van der Waals surface area contributed by atoms with Crippen LogP contribution in [0.15, 0.2) is 410 Å². The van der Waals surface area contributed by atoms with Crippen molar-refractivity contribution in [1.29, 1.82) is 0 Å². The SMILES string of the molecule is [2H]c1c([2H])c([2H])c2c(c1[2H])c1c([2H])c([2H])c([2H])c([2H])c1n2-c1ccc2c(c1)N(c1c(-c3ccc(C(C)(C)C)cc3)cccc1-c1ccc(C(C)(C)C)cc1)c1cc(-n3c4ccccc4c4ccccc43)cc3c1B2c1cc(-c2cc(-c4ccccc4)cc(-c4ccccc4)c2)cc(-c2cc(-n4c5ccccc5c5ccccc54)cc(-n4c5ccccc5c5ccccc54)c2)c1S3. The lowest BCUT2D eigenvalue weighted by Crippen LogP contribution is -2.60. The second kappa shape index (κ2) is 28.0. The standard InChI is InChI=1S/C116H84BN5S/c1-115(2,3)82-56-52-75(53-57-82)88-42-29-43-89(76-54-58-83(59-55-76)116(4,5)6)113(88)122-109-70-84(118-101-44-21-13-34-90(101)91-35-14-22-45-102(91)118)60-61-99(109)117-100-68-80(79-63-77(73-30-9-7-10-31-73)62-78(64-79)74-32-11-8-12-33-74)67-98(114(100)123-111-72-87(71-110(122)112(111)117)121-107-50-27-19-40-96(107)97-41-20-28-51-108(97)121)81-65-85(119-103-46-23-15-36-92(103)93-37-16-24-47-104(93)119)69-86(66-81)120-105-48-25-17-38-94(105)95-39-18-26-49-106(95)120/h7-72H,1-6H3/i13D,14D,21D,22D,34D,35D,44D,45D. The number of para-hydroxylation sites is 9. The minimum atomic E-state index is -0.592. The fraction of sp³-hybridized carbons (Fsp3) is 0.0690. The van der Waals surface area contributed by atoms with E-state index in [4.69, 9.17) is 0 Å². The zero-order valence-electron chi connectivity index (χ0n) is 76.7. The van der Waals surface area contributed by atoms with Gasteiger partial charge in [0.25, 0.3) is 0 Å². The van der Waals surface area contributed by atoms with Crippen molar-refractivity contribution < 1.29 is 11.0 Å². The average Bonchev–Trinajstić information content (AvgIpc) is 1.68. The summed E-state index contributed by atoms with van der Waals surface area (Å²) in [7, 11) is 0. The van der Waals surface area contributed by atoms with E-state index in [9.17, 15) is 11.0 Å². The van der Waals surface area contributed by atoms with Gasteiger partial charge in [-0.05, 0) is 204 Å². The molecule has 0 spiro atoms. The Balaban J connectivity index is 0.883. The molecule has 2 aliphatic rings. The molecule has 2 aliphatic heterocycles. The van der Waals surface area contributed by atoms with Crippen LogP contribution in [-0.2, 0) is 10.8 Å². The smallest absolute Gasteiger partial charge is 0.249 e. The molecule has 123 heavy (non-hydrogen) atoms. The molecule has 5 nitrogen and oxygen atoms in total. The predicted molar refractivity (Wildman–Crippen MR) is 524 cm³/mol. The number of hydrogen-bond acceptors (Lipinski definition) is 2. The maximum Gasteiger partial charge on any atom is 0.249 e. The maximum atomic E-state index is 10.1. The Kier molecular flexibility index (Phi) is 14.6. The summed E-state index contributed by atoms with van der Waals surface area (Å²) in [5.74, 6) is 0. The third kappa shape index (κ3) is 11.6. The number of aromatic nitrogens is 4. The first kappa shape index (κ1) is 64.3. The topological polar surface area (TPSA) is 23.0 Å². The maximum absolute atomic E-state index is 10.1. The normalized spacial score (nSPS) is 13.6. The summed E-state index contributed by atoms with van der Waals surface area (Å²) >= 11 is 1.81. The molecule has 0 unspecified atom stereocenters. The van der Waals surface area contributed by atoms with Crippen LogP contribution in [0.3, 0.4) is 0 Å². The third-order valence-electron chi connectivity index (χ3n) is 25.7. The van der Waals surface area contributed by atoms with E-state index in [1.807, 2.05) is 17.8 Å². The average molecular weight is 1600 g/mol. The number of nitrogens with zero attached hydrogens (tertiary/aromatic N) is 5. The molecule has 24 rings (SSSR count). The van der Waals surface area contributed by atoms with Crippen molar-refractivity contribution in [1.82, 2.24) is 18.3 Å².